The minimum Gasteiger partial charge on any atom is -0.320 e. The van der Waals surface area contributed by atoms with Gasteiger partial charge in [0, 0.05) is 19.0 Å². The summed E-state index contributed by atoms with van der Waals surface area (Å²) in [6.45, 7) is 4.01. The van der Waals surface area contributed by atoms with Gasteiger partial charge in [0.25, 0.3) is 5.82 Å². The normalized spacial score (nSPS) is 15.3. The molecule has 9 heteroatoms. The van der Waals surface area contributed by atoms with Crippen LogP contribution in [-0.4, -0.2) is 37.1 Å². The van der Waals surface area contributed by atoms with Crippen LogP contribution in [0.1, 0.15) is 17.5 Å². The van der Waals surface area contributed by atoms with Crippen molar-refractivity contribution in [2.45, 2.75) is 19.5 Å². The predicted octanol–water partition coefficient (Wildman–Crippen LogP) is 4.23. The number of aromatic amines is 1. The van der Waals surface area contributed by atoms with Crippen molar-refractivity contribution in [3.05, 3.63) is 52.7 Å². The Hall–Kier alpha value is -2.48. The first-order chi connectivity index (χ1) is 13.3. The van der Waals surface area contributed by atoms with Gasteiger partial charge in [-0.3, -0.25) is 4.90 Å². The van der Waals surface area contributed by atoms with E-state index in [-0.39, 0.29) is 6.03 Å². The number of hydrogen-bond donors (Lipinski definition) is 1. The van der Waals surface area contributed by atoms with Gasteiger partial charge in [-0.15, -0.1) is 0 Å². The number of hydrogen-bond acceptors (Lipinski definition) is 2. The fourth-order valence-corrected chi connectivity index (χ4v) is 3.40. The third kappa shape index (κ3) is 4.67. The van der Waals surface area contributed by atoms with Crippen molar-refractivity contribution in [3.63, 3.8) is 0 Å². The van der Waals surface area contributed by atoms with E-state index in [1.54, 1.807) is 11.0 Å². The second kappa shape index (κ2) is 8.26. The number of urea groups is 1. The highest BCUT2D eigenvalue weighted by atomic mass is 35.5. The Morgan fingerprint density at radius 1 is 1.14 bits per heavy atom. The number of aromatic nitrogens is 1. The van der Waals surface area contributed by atoms with Gasteiger partial charge in [0.15, 0.2) is 0 Å². The zero-order valence-electron chi connectivity index (χ0n) is 15.3. The van der Waals surface area contributed by atoms with Crippen molar-refractivity contribution < 1.29 is 22.9 Å². The van der Waals surface area contributed by atoms with Crippen LogP contribution in [0.2, 0.25) is 5.02 Å². The molecule has 1 saturated heterocycles. The molecule has 0 aliphatic carbocycles. The summed E-state index contributed by atoms with van der Waals surface area (Å²) in [5, 5.41) is 3.33. The number of pyridine rings is 1. The molecule has 0 unspecified atom stereocenters. The zero-order valence-corrected chi connectivity index (χ0v) is 16.1. The zero-order chi connectivity index (χ0) is 20.3. The van der Waals surface area contributed by atoms with Crippen molar-refractivity contribution >= 4 is 29.1 Å². The van der Waals surface area contributed by atoms with Crippen molar-refractivity contribution in [2.24, 2.45) is 0 Å². The third-order valence-corrected chi connectivity index (χ3v) is 5.02. The summed E-state index contributed by atoms with van der Waals surface area (Å²) in [6, 6.07) is 7.64. The van der Waals surface area contributed by atoms with Crippen LogP contribution in [0, 0.1) is 6.92 Å². The third-order valence-electron chi connectivity index (χ3n) is 4.70. The monoisotopic (exact) mass is 413 g/mol. The minimum absolute atomic E-state index is 0.241. The molecule has 0 radical (unpaired) electrons. The number of H-pyrrole nitrogens is 1. The number of halogens is 4. The molecular weight excluding hydrogens is 393 g/mol. The number of aryl methyl sites for hydroxylation is 1. The summed E-state index contributed by atoms with van der Waals surface area (Å²) >= 11 is 6.17. The Balaban J connectivity index is 1.64. The molecule has 2 N–H and O–H groups in total. The van der Waals surface area contributed by atoms with E-state index in [0.29, 0.717) is 49.1 Å². The number of alkyl halides is 3. The van der Waals surface area contributed by atoms with Gasteiger partial charge in [0.1, 0.15) is 12.7 Å². The second-order valence-corrected chi connectivity index (χ2v) is 7.06. The fourth-order valence-electron chi connectivity index (χ4n) is 3.13. The maximum Gasteiger partial charge on any atom is 0.419 e. The highest BCUT2D eigenvalue weighted by Gasteiger charge is 2.32. The molecule has 1 fully saturated rings. The predicted molar refractivity (Wildman–Crippen MR) is 102 cm³/mol. The molecule has 1 aromatic heterocycles. The molecule has 1 aliphatic rings. The summed E-state index contributed by atoms with van der Waals surface area (Å²) < 4.78 is 38.1. The first-order valence-electron chi connectivity index (χ1n) is 8.90. The van der Waals surface area contributed by atoms with Gasteiger partial charge in [-0.1, -0.05) is 23.7 Å². The number of amides is 2. The summed E-state index contributed by atoms with van der Waals surface area (Å²) in [4.78, 5) is 19.0. The van der Waals surface area contributed by atoms with Gasteiger partial charge in [-0.2, -0.15) is 13.2 Å². The number of nitrogens with one attached hydrogen (secondary N) is 2. The lowest BCUT2D eigenvalue weighted by Crippen LogP contribution is -2.39. The molecule has 0 bridgehead atoms. The van der Waals surface area contributed by atoms with Gasteiger partial charge in [0.2, 0.25) is 0 Å². The number of carbonyl (C=O) groups is 1. The van der Waals surface area contributed by atoms with Crippen LogP contribution in [0.4, 0.5) is 29.5 Å². The molecule has 1 aliphatic heterocycles. The average molecular weight is 414 g/mol. The Morgan fingerprint density at radius 3 is 2.57 bits per heavy atom. The van der Waals surface area contributed by atoms with Gasteiger partial charge in [-0.25, -0.2) is 9.78 Å². The second-order valence-electron chi connectivity index (χ2n) is 6.65. The Bertz CT molecular complexity index is 822. The van der Waals surface area contributed by atoms with Crippen molar-refractivity contribution in [1.29, 1.82) is 0 Å². The molecule has 0 spiro atoms. The standard InChI is InChI=1S/C19H20ClF3N4O/c1-13-4-2-5-15(20)17(13)25-18(28)27-9-3-8-26(10-11-27)16-7-6-14(12-24-16)19(21,22)23/h2,4-7,12H,3,8-11H2,1H3,(H,25,28)/p+1. The Kier molecular flexibility index (Phi) is 5.98. The highest BCUT2D eigenvalue weighted by molar-refractivity contribution is 6.33. The SMILES string of the molecule is Cc1cccc(Cl)c1NC(=O)N1CCCN(c2ccc(C(F)(F)F)c[nH+]2)CC1. The molecule has 2 amide bonds. The van der Waals surface area contributed by atoms with Crippen LogP contribution >= 0.6 is 11.6 Å². The molecule has 0 atom stereocenters. The lowest BCUT2D eigenvalue weighted by atomic mass is 10.2. The molecule has 5 nitrogen and oxygen atoms in total. The molecule has 1 aromatic carbocycles. The van der Waals surface area contributed by atoms with Crippen LogP contribution in [0.15, 0.2) is 36.5 Å². The first kappa shape index (κ1) is 20.3. The average Bonchev–Trinajstić information content (AvgIpc) is 2.90. The number of para-hydroxylation sites is 1. The van der Waals surface area contributed by atoms with Crippen molar-refractivity contribution in [1.82, 2.24) is 4.90 Å². The quantitative estimate of drug-likeness (QED) is 0.801. The summed E-state index contributed by atoms with van der Waals surface area (Å²) in [5.41, 5.74) is 0.741. The number of benzene rings is 1. The molecule has 28 heavy (non-hydrogen) atoms. The van der Waals surface area contributed by atoms with Gasteiger partial charge in [-0.05, 0) is 24.6 Å². The van der Waals surface area contributed by atoms with Gasteiger partial charge in [0.05, 0.1) is 29.4 Å². The Morgan fingerprint density at radius 2 is 1.93 bits per heavy atom. The summed E-state index contributed by atoms with van der Waals surface area (Å²) in [5.74, 6) is 0.595. The first-order valence-corrected chi connectivity index (χ1v) is 9.28. The number of rotatable bonds is 2. The molecular formula is C19H21ClF3N4O+. The van der Waals surface area contributed by atoms with Crippen LogP contribution in [0.25, 0.3) is 0 Å². The van der Waals surface area contributed by atoms with E-state index in [9.17, 15) is 18.0 Å². The lowest BCUT2D eigenvalue weighted by Gasteiger charge is -2.21. The van der Waals surface area contributed by atoms with E-state index in [1.807, 2.05) is 24.0 Å². The maximum absolute atomic E-state index is 12.7. The summed E-state index contributed by atoms with van der Waals surface area (Å²) in [7, 11) is 0. The van der Waals surface area contributed by atoms with Crippen LogP contribution in [0.3, 0.4) is 0 Å². The van der Waals surface area contributed by atoms with E-state index in [2.05, 4.69) is 10.3 Å². The maximum atomic E-state index is 12.7. The molecule has 150 valence electrons. The van der Waals surface area contributed by atoms with Crippen LogP contribution in [-0.2, 0) is 6.18 Å². The van der Waals surface area contributed by atoms with E-state index >= 15 is 0 Å². The largest absolute Gasteiger partial charge is 0.419 e. The van der Waals surface area contributed by atoms with E-state index in [4.69, 9.17) is 11.6 Å². The van der Waals surface area contributed by atoms with Crippen LogP contribution in [0.5, 0.6) is 0 Å². The smallest absolute Gasteiger partial charge is 0.320 e. The van der Waals surface area contributed by atoms with E-state index in [1.165, 1.54) is 6.07 Å². The fraction of sp³-hybridized carbons (Fsp3) is 0.368. The van der Waals surface area contributed by atoms with Gasteiger partial charge < -0.3 is 10.2 Å². The van der Waals surface area contributed by atoms with E-state index in [0.717, 1.165) is 17.8 Å². The van der Waals surface area contributed by atoms with Crippen molar-refractivity contribution in [3.8, 4) is 0 Å². The molecule has 0 saturated carbocycles. The lowest BCUT2D eigenvalue weighted by molar-refractivity contribution is -0.367. The topological polar surface area (TPSA) is 49.7 Å². The number of carbonyl (C=O) groups excluding carboxylic acids is 1. The Labute approximate surface area is 166 Å². The number of nitrogens with zero attached hydrogens (tertiary/aromatic N) is 2. The molecule has 2 aromatic rings. The van der Waals surface area contributed by atoms with E-state index < -0.39 is 11.7 Å². The summed E-state index contributed by atoms with van der Waals surface area (Å²) in [6.07, 6.45) is -2.71. The number of anilines is 2. The van der Waals surface area contributed by atoms with Gasteiger partial charge >= 0.3 is 12.2 Å². The molecule has 2 heterocycles. The van der Waals surface area contributed by atoms with Crippen molar-refractivity contribution in [2.75, 3.05) is 36.4 Å². The highest BCUT2D eigenvalue weighted by Crippen LogP contribution is 2.29. The molecule has 3 rings (SSSR count). The van der Waals surface area contributed by atoms with Crippen LogP contribution < -0.4 is 15.2 Å². The minimum atomic E-state index is -4.38.